The van der Waals surface area contributed by atoms with E-state index in [9.17, 15) is 4.79 Å². The third kappa shape index (κ3) is 4.29. The van der Waals surface area contributed by atoms with Crippen LogP contribution in [-0.4, -0.2) is 27.8 Å². The van der Waals surface area contributed by atoms with Crippen LogP contribution < -0.4 is 10.1 Å². The summed E-state index contributed by atoms with van der Waals surface area (Å²) in [5, 5.41) is 7.58. The summed E-state index contributed by atoms with van der Waals surface area (Å²) in [7, 11) is 1.51. The van der Waals surface area contributed by atoms with E-state index in [-0.39, 0.29) is 5.91 Å². The molecule has 1 N–H and O–H groups in total. The number of anilines is 1. The lowest BCUT2D eigenvalue weighted by molar-refractivity contribution is 0.102. The maximum Gasteiger partial charge on any atom is 0.260 e. The molecule has 0 radical (unpaired) electrons. The van der Waals surface area contributed by atoms with Crippen molar-refractivity contribution in [3.05, 3.63) is 68.6 Å². The van der Waals surface area contributed by atoms with Gasteiger partial charge in [-0.1, -0.05) is 17.7 Å². The van der Waals surface area contributed by atoms with Crippen LogP contribution in [0.3, 0.4) is 0 Å². The fraction of sp³-hybridized carbons (Fsp3) is 0.118. The molecule has 0 saturated heterocycles. The van der Waals surface area contributed by atoms with Crippen molar-refractivity contribution in [2.75, 3.05) is 12.4 Å². The van der Waals surface area contributed by atoms with Crippen molar-refractivity contribution in [2.45, 2.75) is 6.54 Å². The van der Waals surface area contributed by atoms with Crippen molar-refractivity contribution in [1.82, 2.24) is 14.8 Å². The second kappa shape index (κ2) is 7.83. The molecule has 0 saturated carbocycles. The molecular weight excluding hydrogens is 455 g/mol. The van der Waals surface area contributed by atoms with Gasteiger partial charge >= 0.3 is 0 Å². The SMILES string of the molecule is COc1cc(I)c(Cl)cc1C(=O)Nc1ccn(Cc2ccccn2)n1. The molecule has 1 aromatic carbocycles. The Labute approximate surface area is 163 Å². The molecule has 0 unspecified atom stereocenters. The van der Waals surface area contributed by atoms with Crippen LogP contribution in [0.25, 0.3) is 0 Å². The van der Waals surface area contributed by atoms with E-state index in [1.54, 1.807) is 35.3 Å². The number of carbonyl (C=O) groups excluding carboxylic acids is 1. The van der Waals surface area contributed by atoms with Gasteiger partial charge in [0.2, 0.25) is 0 Å². The second-order valence-electron chi connectivity index (χ2n) is 5.14. The molecule has 25 heavy (non-hydrogen) atoms. The molecule has 0 aliphatic carbocycles. The van der Waals surface area contributed by atoms with Crippen LogP contribution in [0.2, 0.25) is 5.02 Å². The Morgan fingerprint density at radius 3 is 2.92 bits per heavy atom. The third-order valence-electron chi connectivity index (χ3n) is 3.42. The minimum absolute atomic E-state index is 0.335. The average Bonchev–Trinajstić information content (AvgIpc) is 3.04. The third-order valence-corrected chi connectivity index (χ3v) is 4.94. The number of aromatic nitrogens is 3. The first-order valence-corrected chi connectivity index (χ1v) is 8.80. The van der Waals surface area contributed by atoms with Crippen molar-refractivity contribution in [3.63, 3.8) is 0 Å². The Hall–Kier alpha value is -2.13. The van der Waals surface area contributed by atoms with Gasteiger partial charge in [-0.05, 0) is 46.9 Å². The van der Waals surface area contributed by atoms with E-state index >= 15 is 0 Å². The van der Waals surface area contributed by atoms with E-state index in [1.807, 2.05) is 18.2 Å². The number of halogens is 2. The number of hydrogen-bond donors (Lipinski definition) is 1. The van der Waals surface area contributed by atoms with Crippen molar-refractivity contribution < 1.29 is 9.53 Å². The molecule has 0 aliphatic rings. The zero-order valence-corrected chi connectivity index (χ0v) is 16.2. The Bertz CT molecular complexity index is 899. The number of hydrogen-bond acceptors (Lipinski definition) is 4. The number of ether oxygens (including phenoxy) is 1. The number of amides is 1. The minimum atomic E-state index is -0.335. The summed E-state index contributed by atoms with van der Waals surface area (Å²) in [6.45, 7) is 0.523. The van der Waals surface area contributed by atoms with Crippen LogP contribution in [0.5, 0.6) is 5.75 Å². The number of pyridine rings is 1. The Morgan fingerprint density at radius 1 is 1.36 bits per heavy atom. The zero-order valence-electron chi connectivity index (χ0n) is 13.2. The van der Waals surface area contributed by atoms with Crippen LogP contribution in [0.4, 0.5) is 5.82 Å². The summed E-state index contributed by atoms with van der Waals surface area (Å²) in [6.07, 6.45) is 3.51. The highest BCUT2D eigenvalue weighted by molar-refractivity contribution is 14.1. The predicted molar refractivity (Wildman–Crippen MR) is 104 cm³/mol. The van der Waals surface area contributed by atoms with Gasteiger partial charge in [0, 0.05) is 22.0 Å². The van der Waals surface area contributed by atoms with Crippen molar-refractivity contribution in [3.8, 4) is 5.75 Å². The lowest BCUT2D eigenvalue weighted by Gasteiger charge is -2.09. The van der Waals surface area contributed by atoms with E-state index in [0.29, 0.717) is 28.7 Å². The van der Waals surface area contributed by atoms with Gasteiger partial charge in [-0.25, -0.2) is 0 Å². The topological polar surface area (TPSA) is 69.0 Å². The summed E-state index contributed by atoms with van der Waals surface area (Å²) in [5.74, 6) is 0.565. The largest absolute Gasteiger partial charge is 0.496 e. The molecule has 0 atom stereocenters. The van der Waals surface area contributed by atoms with Crippen molar-refractivity contribution in [2.24, 2.45) is 0 Å². The normalized spacial score (nSPS) is 10.5. The molecule has 2 aromatic heterocycles. The molecule has 0 aliphatic heterocycles. The molecule has 3 aromatic rings. The molecule has 1 amide bonds. The Morgan fingerprint density at radius 2 is 2.20 bits per heavy atom. The second-order valence-corrected chi connectivity index (χ2v) is 6.71. The van der Waals surface area contributed by atoms with Crippen LogP contribution in [0.1, 0.15) is 16.1 Å². The van der Waals surface area contributed by atoms with Gasteiger partial charge in [0.05, 0.1) is 29.9 Å². The first-order valence-electron chi connectivity index (χ1n) is 7.34. The van der Waals surface area contributed by atoms with Gasteiger partial charge in [-0.15, -0.1) is 0 Å². The van der Waals surface area contributed by atoms with Crippen molar-refractivity contribution >= 4 is 45.9 Å². The quantitative estimate of drug-likeness (QED) is 0.578. The van der Waals surface area contributed by atoms with Gasteiger partial charge in [0.25, 0.3) is 5.91 Å². The van der Waals surface area contributed by atoms with Gasteiger partial charge in [0.1, 0.15) is 5.75 Å². The van der Waals surface area contributed by atoms with E-state index < -0.39 is 0 Å². The minimum Gasteiger partial charge on any atom is -0.496 e. The molecular formula is C17H14ClIN4O2. The first-order chi connectivity index (χ1) is 12.1. The summed E-state index contributed by atoms with van der Waals surface area (Å²) in [4.78, 5) is 16.8. The van der Waals surface area contributed by atoms with Gasteiger partial charge in [-0.3, -0.25) is 14.5 Å². The summed E-state index contributed by atoms with van der Waals surface area (Å²) < 4.78 is 7.78. The molecule has 3 rings (SSSR count). The van der Waals surface area contributed by atoms with Crippen LogP contribution >= 0.6 is 34.2 Å². The molecule has 0 bridgehead atoms. The predicted octanol–water partition coefficient (Wildman–Crippen LogP) is 3.85. The first kappa shape index (κ1) is 17.7. The summed E-state index contributed by atoms with van der Waals surface area (Å²) in [6, 6.07) is 10.7. The molecule has 2 heterocycles. The fourth-order valence-corrected chi connectivity index (χ4v) is 2.83. The average molecular weight is 469 g/mol. The highest BCUT2D eigenvalue weighted by Gasteiger charge is 2.16. The lowest BCUT2D eigenvalue weighted by Crippen LogP contribution is -2.14. The highest BCUT2D eigenvalue weighted by atomic mass is 127. The molecule has 0 fully saturated rings. The van der Waals surface area contributed by atoms with Crippen LogP contribution in [0.15, 0.2) is 48.8 Å². The highest BCUT2D eigenvalue weighted by Crippen LogP contribution is 2.28. The maximum absolute atomic E-state index is 12.5. The molecule has 0 spiro atoms. The Kier molecular flexibility index (Phi) is 5.54. The van der Waals surface area contributed by atoms with Crippen molar-refractivity contribution in [1.29, 1.82) is 0 Å². The van der Waals surface area contributed by atoms with Gasteiger partial charge in [0.15, 0.2) is 5.82 Å². The standard InChI is InChI=1S/C17H14ClIN4O2/c1-25-15-9-14(19)13(18)8-12(15)17(24)21-16-5-7-23(22-16)10-11-4-2-3-6-20-11/h2-9H,10H2,1H3,(H,21,22,24). The van der Waals surface area contributed by atoms with Gasteiger partial charge < -0.3 is 10.1 Å². The van der Waals surface area contributed by atoms with Gasteiger partial charge in [-0.2, -0.15) is 5.10 Å². The number of nitrogens with one attached hydrogen (secondary N) is 1. The van der Waals surface area contributed by atoms with E-state index in [4.69, 9.17) is 16.3 Å². The molecule has 6 nitrogen and oxygen atoms in total. The van der Waals surface area contributed by atoms with Crippen LogP contribution in [0, 0.1) is 3.57 Å². The number of benzene rings is 1. The van der Waals surface area contributed by atoms with Crippen LogP contribution in [-0.2, 0) is 6.54 Å². The monoisotopic (exact) mass is 468 g/mol. The summed E-state index contributed by atoms with van der Waals surface area (Å²) >= 11 is 8.20. The number of rotatable bonds is 5. The van der Waals surface area contributed by atoms with E-state index in [1.165, 1.54) is 7.11 Å². The number of nitrogens with zero attached hydrogens (tertiary/aromatic N) is 3. The smallest absolute Gasteiger partial charge is 0.260 e. The number of methoxy groups -OCH3 is 1. The summed E-state index contributed by atoms with van der Waals surface area (Å²) in [5.41, 5.74) is 1.24. The number of carbonyl (C=O) groups is 1. The Balaban J connectivity index is 1.75. The molecule has 8 heteroatoms. The molecule has 128 valence electrons. The zero-order chi connectivity index (χ0) is 17.8. The lowest BCUT2D eigenvalue weighted by atomic mass is 10.2. The van der Waals surface area contributed by atoms with E-state index in [0.717, 1.165) is 9.26 Å². The maximum atomic E-state index is 12.5. The van der Waals surface area contributed by atoms with E-state index in [2.05, 4.69) is 38.0 Å². The fourth-order valence-electron chi connectivity index (χ4n) is 2.23.